The van der Waals surface area contributed by atoms with Gasteiger partial charge in [-0.05, 0) is 18.6 Å². The molecule has 25 heavy (non-hydrogen) atoms. The number of halogens is 1. The predicted octanol–water partition coefficient (Wildman–Crippen LogP) is 0.315. The Morgan fingerprint density at radius 3 is 2.48 bits per heavy atom. The molecule has 0 aliphatic carbocycles. The Balaban J connectivity index is 2.91. The van der Waals surface area contributed by atoms with Crippen molar-refractivity contribution in [2.45, 2.75) is 18.9 Å². The van der Waals surface area contributed by atoms with Crippen molar-refractivity contribution in [1.29, 1.82) is 0 Å². The molecule has 1 unspecified atom stereocenters. The number of anilines is 1. The van der Waals surface area contributed by atoms with E-state index in [4.69, 9.17) is 26.6 Å². The molecule has 1 rings (SSSR count). The summed E-state index contributed by atoms with van der Waals surface area (Å²) in [6.07, 6.45) is -0.700. The molecule has 0 aromatic carbocycles. The van der Waals surface area contributed by atoms with Crippen LogP contribution in [0.4, 0.5) is 5.69 Å². The van der Waals surface area contributed by atoms with E-state index in [1.807, 2.05) is 0 Å². The molecule has 0 radical (unpaired) electrons. The van der Waals surface area contributed by atoms with Gasteiger partial charge in [-0.3, -0.25) is 14.4 Å². The van der Waals surface area contributed by atoms with Gasteiger partial charge in [-0.1, -0.05) is 0 Å². The third-order valence-electron chi connectivity index (χ3n) is 2.93. The number of nitrogens with zero attached hydrogens (tertiary/aromatic N) is 1. The summed E-state index contributed by atoms with van der Waals surface area (Å²) in [4.78, 5) is 48.9. The first-order chi connectivity index (χ1) is 11.8. The van der Waals surface area contributed by atoms with Gasteiger partial charge in [0.2, 0.25) is 11.8 Å². The molecule has 0 aliphatic heterocycles. The second kappa shape index (κ2) is 9.42. The smallest absolute Gasteiger partial charge is 0.326 e. The van der Waals surface area contributed by atoms with Gasteiger partial charge in [0.05, 0.1) is 7.11 Å². The molecule has 1 aromatic heterocycles. The van der Waals surface area contributed by atoms with Gasteiger partial charge in [0.1, 0.15) is 23.3 Å². The zero-order valence-corrected chi connectivity index (χ0v) is 13.9. The molecule has 0 saturated heterocycles. The molecule has 4 N–H and O–H groups in total. The number of carbonyl (C=O) groups is 4. The van der Waals surface area contributed by atoms with E-state index in [1.165, 1.54) is 19.2 Å². The number of amides is 2. The van der Waals surface area contributed by atoms with Crippen molar-refractivity contribution in [3.63, 3.8) is 0 Å². The standard InChI is InChI=1S/C14H16ClN3O7/c1-25-13-8(16-10(19)6-15)3-2-7(18-13)12(22)17-9(14(23)24)4-5-11(20)21/h2-3,9H,4-6H2,1H3,(H,16,19)(H,17,22)(H,20,21)(H,23,24). The molecule has 1 aromatic rings. The number of rotatable bonds is 9. The quantitative estimate of drug-likeness (QED) is 0.451. The van der Waals surface area contributed by atoms with Crippen LogP contribution in [0.5, 0.6) is 5.88 Å². The third kappa shape index (κ3) is 6.26. The summed E-state index contributed by atoms with van der Waals surface area (Å²) in [7, 11) is 1.27. The number of hydrogen-bond donors (Lipinski definition) is 4. The zero-order chi connectivity index (χ0) is 19.0. The summed E-state index contributed by atoms with van der Waals surface area (Å²) in [5.74, 6) is -4.23. The highest BCUT2D eigenvalue weighted by Crippen LogP contribution is 2.22. The second-order valence-electron chi connectivity index (χ2n) is 4.73. The van der Waals surface area contributed by atoms with Crippen LogP contribution in [0.15, 0.2) is 12.1 Å². The number of pyridine rings is 1. The first-order valence-electron chi connectivity index (χ1n) is 6.94. The fourth-order valence-corrected chi connectivity index (χ4v) is 1.83. The number of methoxy groups -OCH3 is 1. The van der Waals surface area contributed by atoms with Gasteiger partial charge >= 0.3 is 11.9 Å². The van der Waals surface area contributed by atoms with Crippen LogP contribution in [0.2, 0.25) is 0 Å². The van der Waals surface area contributed by atoms with Crippen molar-refractivity contribution >= 4 is 41.0 Å². The Kier molecular flexibility index (Phi) is 7.60. The van der Waals surface area contributed by atoms with E-state index in [0.717, 1.165) is 0 Å². The lowest BCUT2D eigenvalue weighted by Crippen LogP contribution is -2.41. The number of carboxylic acid groups (broad SMARTS) is 2. The van der Waals surface area contributed by atoms with E-state index in [9.17, 15) is 19.2 Å². The van der Waals surface area contributed by atoms with Crippen LogP contribution in [-0.4, -0.2) is 58.0 Å². The van der Waals surface area contributed by atoms with Gasteiger partial charge in [0.15, 0.2) is 0 Å². The Morgan fingerprint density at radius 1 is 1.28 bits per heavy atom. The van der Waals surface area contributed by atoms with Gasteiger partial charge in [-0.2, -0.15) is 0 Å². The van der Waals surface area contributed by atoms with Crippen molar-refractivity contribution in [3.8, 4) is 5.88 Å². The maximum Gasteiger partial charge on any atom is 0.326 e. The summed E-state index contributed by atoms with van der Waals surface area (Å²) in [5.41, 5.74) is 0.0210. The highest BCUT2D eigenvalue weighted by atomic mass is 35.5. The number of hydrogen-bond acceptors (Lipinski definition) is 6. The highest BCUT2D eigenvalue weighted by Gasteiger charge is 2.23. The first-order valence-corrected chi connectivity index (χ1v) is 7.48. The maximum absolute atomic E-state index is 12.1. The van der Waals surface area contributed by atoms with E-state index in [-0.39, 0.29) is 29.6 Å². The van der Waals surface area contributed by atoms with Gasteiger partial charge in [-0.15, -0.1) is 11.6 Å². The number of carbonyl (C=O) groups excluding carboxylic acids is 2. The van der Waals surface area contributed by atoms with Crippen molar-refractivity contribution in [3.05, 3.63) is 17.8 Å². The molecule has 0 aliphatic rings. The van der Waals surface area contributed by atoms with Crippen LogP contribution < -0.4 is 15.4 Å². The number of ether oxygens (including phenoxy) is 1. The van der Waals surface area contributed by atoms with Gasteiger partial charge in [0, 0.05) is 6.42 Å². The zero-order valence-electron chi connectivity index (χ0n) is 13.1. The minimum Gasteiger partial charge on any atom is -0.481 e. The van der Waals surface area contributed by atoms with Crippen LogP contribution in [0, 0.1) is 0 Å². The molecule has 1 atom stereocenters. The van der Waals surface area contributed by atoms with Crippen molar-refractivity contribution in [1.82, 2.24) is 10.3 Å². The van der Waals surface area contributed by atoms with Crippen LogP contribution in [0.3, 0.4) is 0 Å². The molecular formula is C14H16ClN3O7. The molecule has 2 amide bonds. The first kappa shape index (κ1) is 20.2. The number of aromatic nitrogens is 1. The topological polar surface area (TPSA) is 155 Å². The molecule has 0 fully saturated rings. The lowest BCUT2D eigenvalue weighted by Gasteiger charge is -2.14. The number of alkyl halides is 1. The normalized spacial score (nSPS) is 11.3. The highest BCUT2D eigenvalue weighted by molar-refractivity contribution is 6.29. The SMILES string of the molecule is COc1nc(C(=O)NC(CCC(=O)O)C(=O)O)ccc1NC(=O)CCl. The molecule has 0 bridgehead atoms. The van der Waals surface area contributed by atoms with Crippen molar-refractivity contribution < 1.29 is 34.1 Å². The van der Waals surface area contributed by atoms with E-state index in [2.05, 4.69) is 15.6 Å². The van der Waals surface area contributed by atoms with Crippen LogP contribution in [0.1, 0.15) is 23.3 Å². The summed E-state index contributed by atoms with van der Waals surface area (Å²) in [6, 6.07) is 1.21. The molecule has 1 heterocycles. The molecule has 10 nitrogen and oxygen atoms in total. The van der Waals surface area contributed by atoms with E-state index >= 15 is 0 Å². The van der Waals surface area contributed by atoms with Crippen LogP contribution in [-0.2, 0) is 14.4 Å². The van der Waals surface area contributed by atoms with Crippen molar-refractivity contribution in [2.24, 2.45) is 0 Å². The fraction of sp³-hybridized carbons (Fsp3) is 0.357. The van der Waals surface area contributed by atoms with E-state index in [1.54, 1.807) is 0 Å². The molecule has 0 spiro atoms. The average molecular weight is 374 g/mol. The summed E-state index contributed by atoms with van der Waals surface area (Å²) in [5, 5.41) is 22.3. The fourth-order valence-electron chi connectivity index (χ4n) is 1.76. The third-order valence-corrected chi connectivity index (χ3v) is 3.17. The minimum absolute atomic E-state index is 0.0662. The lowest BCUT2D eigenvalue weighted by atomic mass is 10.1. The number of carboxylic acids is 2. The minimum atomic E-state index is -1.38. The largest absolute Gasteiger partial charge is 0.481 e. The molecule has 0 saturated carbocycles. The van der Waals surface area contributed by atoms with Crippen LogP contribution >= 0.6 is 11.6 Å². The Morgan fingerprint density at radius 2 is 1.96 bits per heavy atom. The Hall–Kier alpha value is -2.88. The van der Waals surface area contributed by atoms with Gasteiger partial charge in [0.25, 0.3) is 5.91 Å². The monoisotopic (exact) mass is 373 g/mol. The van der Waals surface area contributed by atoms with Crippen molar-refractivity contribution in [2.75, 3.05) is 18.3 Å². The molecule has 136 valence electrons. The lowest BCUT2D eigenvalue weighted by molar-refractivity contribution is -0.140. The van der Waals surface area contributed by atoms with Gasteiger partial charge < -0.3 is 25.6 Å². The molecular weight excluding hydrogens is 358 g/mol. The summed E-state index contributed by atoms with van der Waals surface area (Å²) < 4.78 is 4.97. The molecule has 11 heteroatoms. The van der Waals surface area contributed by atoms with Gasteiger partial charge in [-0.25, -0.2) is 9.78 Å². The van der Waals surface area contributed by atoms with E-state index < -0.39 is 36.2 Å². The maximum atomic E-state index is 12.1. The Labute approximate surface area is 147 Å². The Bertz CT molecular complexity index is 680. The average Bonchev–Trinajstić information content (AvgIpc) is 2.57. The second-order valence-corrected chi connectivity index (χ2v) is 5.00. The van der Waals surface area contributed by atoms with Crippen LogP contribution in [0.25, 0.3) is 0 Å². The number of nitrogens with one attached hydrogen (secondary N) is 2. The van der Waals surface area contributed by atoms with E-state index in [0.29, 0.717) is 0 Å². The summed E-state index contributed by atoms with van der Waals surface area (Å²) in [6.45, 7) is 0. The predicted molar refractivity (Wildman–Crippen MR) is 85.9 cm³/mol. The number of aliphatic carboxylic acids is 2. The summed E-state index contributed by atoms with van der Waals surface area (Å²) >= 11 is 5.38.